The summed E-state index contributed by atoms with van der Waals surface area (Å²) in [6, 6.07) is 0.324. The van der Waals surface area contributed by atoms with Crippen LogP contribution < -0.4 is 5.32 Å². The van der Waals surface area contributed by atoms with Gasteiger partial charge in [-0.3, -0.25) is 4.79 Å². The third-order valence-corrected chi connectivity index (χ3v) is 5.11. The SMILES string of the molecule is O=C(NC1CCCSC1)c1sncc1Br. The van der Waals surface area contributed by atoms with Gasteiger partial charge >= 0.3 is 0 Å². The summed E-state index contributed by atoms with van der Waals surface area (Å²) in [6.07, 6.45) is 3.95. The van der Waals surface area contributed by atoms with Gasteiger partial charge in [-0.1, -0.05) is 0 Å². The number of aromatic nitrogens is 1. The molecule has 0 spiro atoms. The van der Waals surface area contributed by atoms with E-state index in [1.807, 2.05) is 11.8 Å². The third kappa shape index (κ3) is 2.95. The second-order valence-electron chi connectivity index (χ2n) is 3.39. The monoisotopic (exact) mass is 306 g/mol. The molecule has 1 N–H and O–H groups in total. The summed E-state index contributed by atoms with van der Waals surface area (Å²) in [5.74, 6) is 2.25. The fourth-order valence-electron chi connectivity index (χ4n) is 1.48. The molecule has 1 aromatic rings. The quantitative estimate of drug-likeness (QED) is 0.913. The second kappa shape index (κ2) is 5.32. The van der Waals surface area contributed by atoms with E-state index in [9.17, 15) is 4.79 Å². The van der Waals surface area contributed by atoms with Crippen LogP contribution in [0.1, 0.15) is 22.5 Å². The minimum Gasteiger partial charge on any atom is -0.348 e. The first-order valence-electron chi connectivity index (χ1n) is 4.76. The van der Waals surface area contributed by atoms with Crippen LogP contribution in [0.3, 0.4) is 0 Å². The average molecular weight is 307 g/mol. The van der Waals surface area contributed by atoms with Gasteiger partial charge in [-0.15, -0.1) is 0 Å². The summed E-state index contributed by atoms with van der Waals surface area (Å²) in [5, 5.41) is 3.04. The van der Waals surface area contributed by atoms with E-state index in [1.165, 1.54) is 23.7 Å². The molecule has 0 bridgehead atoms. The fourth-order valence-corrected chi connectivity index (χ4v) is 3.74. The maximum atomic E-state index is 11.8. The van der Waals surface area contributed by atoms with Crippen molar-refractivity contribution in [2.45, 2.75) is 18.9 Å². The summed E-state index contributed by atoms with van der Waals surface area (Å²) in [7, 11) is 0. The fraction of sp³-hybridized carbons (Fsp3) is 0.556. The van der Waals surface area contributed by atoms with Crippen molar-refractivity contribution in [3.05, 3.63) is 15.5 Å². The van der Waals surface area contributed by atoms with Crippen molar-refractivity contribution in [2.75, 3.05) is 11.5 Å². The van der Waals surface area contributed by atoms with Crippen LogP contribution in [0.4, 0.5) is 0 Å². The van der Waals surface area contributed by atoms with Crippen molar-refractivity contribution in [2.24, 2.45) is 0 Å². The Morgan fingerprint density at radius 3 is 3.13 bits per heavy atom. The molecule has 0 aliphatic carbocycles. The van der Waals surface area contributed by atoms with Crippen molar-refractivity contribution in [3.8, 4) is 0 Å². The number of rotatable bonds is 2. The molecular formula is C9H11BrN2OS2. The van der Waals surface area contributed by atoms with Gasteiger partial charge in [-0.05, 0) is 46.1 Å². The number of carbonyl (C=O) groups is 1. The zero-order valence-electron chi connectivity index (χ0n) is 8.03. The second-order valence-corrected chi connectivity index (χ2v) is 6.20. The number of amides is 1. The zero-order chi connectivity index (χ0) is 10.7. The number of nitrogens with one attached hydrogen (secondary N) is 1. The first-order valence-corrected chi connectivity index (χ1v) is 7.48. The lowest BCUT2D eigenvalue weighted by molar-refractivity contribution is 0.0942. The Morgan fingerprint density at radius 2 is 2.53 bits per heavy atom. The third-order valence-electron chi connectivity index (χ3n) is 2.23. The molecule has 0 saturated carbocycles. The van der Waals surface area contributed by atoms with Gasteiger partial charge in [0.05, 0.1) is 10.7 Å². The molecule has 0 aromatic carbocycles. The van der Waals surface area contributed by atoms with Gasteiger partial charge in [0, 0.05) is 11.8 Å². The van der Waals surface area contributed by atoms with Gasteiger partial charge in [-0.2, -0.15) is 16.1 Å². The van der Waals surface area contributed by atoms with Crippen LogP contribution in [0.5, 0.6) is 0 Å². The number of halogens is 1. The van der Waals surface area contributed by atoms with Crippen LogP contribution >= 0.6 is 39.2 Å². The van der Waals surface area contributed by atoms with Crippen LogP contribution in [0.25, 0.3) is 0 Å². The van der Waals surface area contributed by atoms with Crippen molar-refractivity contribution in [1.82, 2.24) is 9.69 Å². The number of hydrogen-bond acceptors (Lipinski definition) is 4. The van der Waals surface area contributed by atoms with Gasteiger partial charge in [0.2, 0.25) is 0 Å². The van der Waals surface area contributed by atoms with Crippen LogP contribution in [-0.2, 0) is 0 Å². The van der Waals surface area contributed by atoms with Crippen LogP contribution in [0.2, 0.25) is 0 Å². The molecule has 2 rings (SSSR count). The van der Waals surface area contributed by atoms with Gasteiger partial charge in [-0.25, -0.2) is 0 Å². The summed E-state index contributed by atoms with van der Waals surface area (Å²) in [6.45, 7) is 0. The van der Waals surface area contributed by atoms with E-state index in [0.29, 0.717) is 10.9 Å². The molecule has 2 heterocycles. The topological polar surface area (TPSA) is 42.0 Å². The maximum absolute atomic E-state index is 11.8. The predicted octanol–water partition coefficient (Wildman–Crippen LogP) is 2.53. The molecule has 1 unspecified atom stereocenters. The lowest BCUT2D eigenvalue weighted by Crippen LogP contribution is -2.38. The van der Waals surface area contributed by atoms with E-state index in [4.69, 9.17) is 0 Å². The maximum Gasteiger partial charge on any atom is 0.264 e. The largest absolute Gasteiger partial charge is 0.348 e. The van der Waals surface area contributed by atoms with Crippen LogP contribution in [-0.4, -0.2) is 27.8 Å². The lowest BCUT2D eigenvalue weighted by atomic mass is 10.2. The van der Waals surface area contributed by atoms with E-state index in [1.54, 1.807) is 6.20 Å². The first kappa shape index (κ1) is 11.4. The summed E-state index contributed by atoms with van der Waals surface area (Å²) >= 11 is 6.45. The Balaban J connectivity index is 1.94. The molecule has 1 amide bonds. The minimum atomic E-state index is -0.00289. The van der Waals surface area contributed by atoms with Gasteiger partial charge < -0.3 is 5.32 Å². The summed E-state index contributed by atoms with van der Waals surface area (Å²) < 4.78 is 4.75. The molecule has 1 aromatic heterocycles. The number of hydrogen-bond donors (Lipinski definition) is 1. The highest BCUT2D eigenvalue weighted by molar-refractivity contribution is 9.10. The van der Waals surface area contributed by atoms with E-state index >= 15 is 0 Å². The minimum absolute atomic E-state index is 0.00289. The molecule has 1 aliphatic rings. The highest BCUT2D eigenvalue weighted by atomic mass is 79.9. The van der Waals surface area contributed by atoms with Crippen LogP contribution in [0, 0.1) is 0 Å². The predicted molar refractivity (Wildman–Crippen MR) is 67.6 cm³/mol. The Morgan fingerprint density at radius 1 is 1.67 bits per heavy atom. The molecule has 0 radical (unpaired) electrons. The highest BCUT2D eigenvalue weighted by Gasteiger charge is 2.19. The number of nitrogens with zero attached hydrogens (tertiary/aromatic N) is 1. The van der Waals surface area contributed by atoms with Crippen molar-refractivity contribution in [1.29, 1.82) is 0 Å². The normalized spacial score (nSPS) is 21.3. The number of thioether (sulfide) groups is 1. The van der Waals surface area contributed by atoms with E-state index in [0.717, 1.165) is 16.6 Å². The molecule has 1 saturated heterocycles. The smallest absolute Gasteiger partial charge is 0.264 e. The highest BCUT2D eigenvalue weighted by Crippen LogP contribution is 2.21. The number of carbonyl (C=O) groups excluding carboxylic acids is 1. The lowest BCUT2D eigenvalue weighted by Gasteiger charge is -2.22. The average Bonchev–Trinajstić information content (AvgIpc) is 2.66. The Kier molecular flexibility index (Phi) is 4.05. The summed E-state index contributed by atoms with van der Waals surface area (Å²) in [4.78, 5) is 12.5. The Hall–Kier alpha value is -0.0700. The first-order chi connectivity index (χ1) is 7.27. The molecule has 3 nitrogen and oxygen atoms in total. The molecular weight excluding hydrogens is 296 g/mol. The van der Waals surface area contributed by atoms with Crippen molar-refractivity contribution < 1.29 is 4.79 Å². The van der Waals surface area contributed by atoms with Gasteiger partial charge in [0.15, 0.2) is 0 Å². The van der Waals surface area contributed by atoms with Crippen molar-refractivity contribution >= 4 is 45.1 Å². The van der Waals surface area contributed by atoms with Crippen LogP contribution in [0.15, 0.2) is 10.7 Å². The zero-order valence-corrected chi connectivity index (χ0v) is 11.3. The molecule has 15 heavy (non-hydrogen) atoms. The van der Waals surface area contributed by atoms with Crippen molar-refractivity contribution in [3.63, 3.8) is 0 Å². The molecule has 6 heteroatoms. The Bertz CT molecular complexity index is 350. The van der Waals surface area contributed by atoms with E-state index in [-0.39, 0.29) is 5.91 Å². The molecule has 82 valence electrons. The van der Waals surface area contributed by atoms with Gasteiger partial charge in [0.25, 0.3) is 5.91 Å². The Labute approximate surface area is 105 Å². The van der Waals surface area contributed by atoms with E-state index < -0.39 is 0 Å². The standard InChI is InChI=1S/C9H11BrN2OS2/c10-7-4-11-15-8(7)9(13)12-6-2-1-3-14-5-6/h4,6H,1-3,5H2,(H,12,13). The van der Waals surface area contributed by atoms with E-state index in [2.05, 4.69) is 25.6 Å². The van der Waals surface area contributed by atoms with Gasteiger partial charge in [0.1, 0.15) is 4.88 Å². The summed E-state index contributed by atoms with van der Waals surface area (Å²) in [5.41, 5.74) is 0. The molecule has 1 atom stereocenters. The molecule has 1 aliphatic heterocycles. The molecule has 1 fully saturated rings.